The lowest BCUT2D eigenvalue weighted by Crippen LogP contribution is -2.22. The smallest absolute Gasteiger partial charge is 0.341 e. The number of amides is 1. The summed E-state index contributed by atoms with van der Waals surface area (Å²) in [7, 11) is 1.21. The second-order valence-corrected chi connectivity index (χ2v) is 7.57. The number of methoxy groups -OCH3 is 1. The average molecular weight is 464 g/mol. The van der Waals surface area contributed by atoms with Gasteiger partial charge in [-0.2, -0.15) is 0 Å². The molecular formula is C20H20N2O9S. The van der Waals surface area contributed by atoms with E-state index in [4.69, 9.17) is 14.2 Å². The van der Waals surface area contributed by atoms with Gasteiger partial charge in [0.25, 0.3) is 11.6 Å². The fourth-order valence-corrected chi connectivity index (χ4v) is 3.67. The molecule has 11 nitrogen and oxygen atoms in total. The lowest BCUT2D eigenvalue weighted by atomic mass is 10.1. The number of nitro benzene ring substituents is 1. The maximum Gasteiger partial charge on any atom is 0.341 e. The van der Waals surface area contributed by atoms with Crippen LogP contribution in [0.2, 0.25) is 0 Å². The van der Waals surface area contributed by atoms with Crippen LogP contribution in [0.1, 0.15) is 48.4 Å². The van der Waals surface area contributed by atoms with E-state index < -0.39 is 41.0 Å². The van der Waals surface area contributed by atoms with Crippen molar-refractivity contribution < 1.29 is 38.3 Å². The van der Waals surface area contributed by atoms with Gasteiger partial charge in [0, 0.05) is 17.0 Å². The van der Waals surface area contributed by atoms with Gasteiger partial charge in [-0.05, 0) is 32.4 Å². The summed E-state index contributed by atoms with van der Waals surface area (Å²) in [6.45, 7) is 4.34. The zero-order valence-corrected chi connectivity index (χ0v) is 18.5. The summed E-state index contributed by atoms with van der Waals surface area (Å²) < 4.78 is 14.4. The number of ether oxygens (including phenoxy) is 3. The fraction of sp³-hybridized carbons (Fsp3) is 0.300. The Balaban J connectivity index is 2.15. The fourth-order valence-electron chi connectivity index (χ4n) is 2.61. The summed E-state index contributed by atoms with van der Waals surface area (Å²) in [4.78, 5) is 59.6. The number of thiophene rings is 1. The lowest BCUT2D eigenvalue weighted by Gasteiger charge is -2.08. The Morgan fingerprint density at radius 3 is 2.16 bits per heavy atom. The number of anilines is 1. The van der Waals surface area contributed by atoms with Crippen LogP contribution in [0.25, 0.3) is 0 Å². The zero-order chi connectivity index (χ0) is 24.0. The first-order chi connectivity index (χ1) is 15.1. The van der Waals surface area contributed by atoms with E-state index in [9.17, 15) is 29.3 Å². The number of esters is 3. The number of nitro groups is 1. The van der Waals surface area contributed by atoms with E-state index in [1.807, 2.05) is 0 Å². The van der Waals surface area contributed by atoms with Gasteiger partial charge in [0.05, 0.1) is 35.3 Å². The van der Waals surface area contributed by atoms with Gasteiger partial charge in [-0.3, -0.25) is 14.9 Å². The molecule has 2 aromatic rings. The minimum Gasteiger partial charge on any atom is -0.465 e. The molecule has 170 valence electrons. The zero-order valence-electron chi connectivity index (χ0n) is 17.7. The maximum absolute atomic E-state index is 12.3. The van der Waals surface area contributed by atoms with Crippen molar-refractivity contribution in [2.75, 3.05) is 25.6 Å². The summed E-state index contributed by atoms with van der Waals surface area (Å²) in [5.41, 5.74) is -0.165. The first kappa shape index (κ1) is 24.5. The highest BCUT2D eigenvalue weighted by Gasteiger charge is 2.23. The molecule has 0 aliphatic rings. The van der Waals surface area contributed by atoms with Crippen LogP contribution in [0.15, 0.2) is 18.2 Å². The predicted octanol–water partition coefficient (Wildman–Crippen LogP) is 3.03. The van der Waals surface area contributed by atoms with Gasteiger partial charge < -0.3 is 19.5 Å². The molecule has 0 saturated heterocycles. The molecule has 1 N–H and O–H groups in total. The van der Waals surface area contributed by atoms with E-state index in [1.54, 1.807) is 20.8 Å². The van der Waals surface area contributed by atoms with Crippen LogP contribution < -0.4 is 5.32 Å². The molecule has 0 fully saturated rings. The van der Waals surface area contributed by atoms with Crippen molar-refractivity contribution in [3.05, 3.63) is 55.4 Å². The Kier molecular flexibility index (Phi) is 8.02. The number of carbonyl (C=O) groups excluding carboxylic acids is 4. The first-order valence-corrected chi connectivity index (χ1v) is 10.0. The standard InChI is InChI=1S/C20H20N2O9S/c1-5-30-18(24)12-6-13(8-14(7-12)22(27)28)19(25)31-9-15(23)21-17-16(20(26)29-4)10(2)11(3)32-17/h6-8H,5,9H2,1-4H3,(H,21,23). The van der Waals surface area contributed by atoms with E-state index in [1.165, 1.54) is 7.11 Å². The second-order valence-electron chi connectivity index (χ2n) is 6.35. The van der Waals surface area contributed by atoms with Crippen molar-refractivity contribution in [1.29, 1.82) is 0 Å². The normalized spacial score (nSPS) is 10.2. The van der Waals surface area contributed by atoms with Gasteiger partial charge in [-0.25, -0.2) is 14.4 Å². The number of aryl methyl sites for hydroxylation is 1. The van der Waals surface area contributed by atoms with Crippen LogP contribution in [0.5, 0.6) is 0 Å². The first-order valence-electron chi connectivity index (χ1n) is 9.20. The third-order valence-electron chi connectivity index (χ3n) is 4.24. The van der Waals surface area contributed by atoms with Gasteiger partial charge in [0.15, 0.2) is 6.61 Å². The quantitative estimate of drug-likeness (QED) is 0.269. The molecule has 0 saturated carbocycles. The number of hydrogen-bond acceptors (Lipinski definition) is 10. The predicted molar refractivity (Wildman–Crippen MR) is 113 cm³/mol. The van der Waals surface area contributed by atoms with Gasteiger partial charge >= 0.3 is 17.9 Å². The number of non-ortho nitro benzene ring substituents is 1. The number of carbonyl (C=O) groups is 4. The molecule has 2 rings (SSSR count). The van der Waals surface area contributed by atoms with Crippen LogP contribution in [0, 0.1) is 24.0 Å². The molecule has 1 amide bonds. The molecule has 0 spiro atoms. The molecule has 1 heterocycles. The molecule has 0 aliphatic heterocycles. The molecule has 32 heavy (non-hydrogen) atoms. The topological polar surface area (TPSA) is 151 Å². The number of rotatable bonds is 8. The van der Waals surface area contributed by atoms with Gasteiger partial charge in [0.1, 0.15) is 5.00 Å². The second kappa shape index (κ2) is 10.5. The van der Waals surface area contributed by atoms with E-state index >= 15 is 0 Å². The van der Waals surface area contributed by atoms with Gasteiger partial charge in [-0.1, -0.05) is 0 Å². The number of nitrogens with one attached hydrogen (secondary N) is 1. The van der Waals surface area contributed by atoms with Crippen LogP contribution in [0.4, 0.5) is 10.7 Å². The SMILES string of the molecule is CCOC(=O)c1cc(C(=O)OCC(=O)Nc2sc(C)c(C)c2C(=O)OC)cc([N+](=O)[O-])c1. The lowest BCUT2D eigenvalue weighted by molar-refractivity contribution is -0.384. The minimum absolute atomic E-state index is 0.0384. The third kappa shape index (κ3) is 5.66. The van der Waals surface area contributed by atoms with Crippen molar-refractivity contribution in [2.24, 2.45) is 0 Å². The van der Waals surface area contributed by atoms with Crippen molar-refractivity contribution in [3.63, 3.8) is 0 Å². The van der Waals surface area contributed by atoms with Crippen LogP contribution in [-0.2, 0) is 19.0 Å². The van der Waals surface area contributed by atoms with Gasteiger partial charge in [0.2, 0.25) is 0 Å². The summed E-state index contributed by atoms with van der Waals surface area (Å²) >= 11 is 1.16. The molecule has 12 heteroatoms. The summed E-state index contributed by atoms with van der Waals surface area (Å²) in [5, 5.41) is 13.9. The van der Waals surface area contributed by atoms with E-state index in [-0.39, 0.29) is 28.3 Å². The molecule has 1 aromatic heterocycles. The molecule has 0 unspecified atom stereocenters. The van der Waals surface area contributed by atoms with Crippen molar-refractivity contribution in [3.8, 4) is 0 Å². The molecule has 0 radical (unpaired) electrons. The highest BCUT2D eigenvalue weighted by atomic mass is 32.1. The van der Waals surface area contributed by atoms with E-state index in [0.717, 1.165) is 34.4 Å². The summed E-state index contributed by atoms with van der Waals surface area (Å²) in [5.74, 6) is -3.26. The van der Waals surface area contributed by atoms with Gasteiger partial charge in [-0.15, -0.1) is 11.3 Å². The van der Waals surface area contributed by atoms with Crippen molar-refractivity contribution in [2.45, 2.75) is 20.8 Å². The Labute approximate surface area is 186 Å². The number of hydrogen-bond donors (Lipinski definition) is 1. The highest BCUT2D eigenvalue weighted by Crippen LogP contribution is 2.32. The Morgan fingerprint density at radius 2 is 1.62 bits per heavy atom. The molecular weight excluding hydrogens is 444 g/mol. The third-order valence-corrected chi connectivity index (χ3v) is 5.36. The number of nitrogens with zero attached hydrogens (tertiary/aromatic N) is 1. The van der Waals surface area contributed by atoms with Crippen LogP contribution in [-0.4, -0.2) is 49.1 Å². The number of benzene rings is 1. The van der Waals surface area contributed by atoms with E-state index in [0.29, 0.717) is 5.56 Å². The average Bonchev–Trinajstić information content (AvgIpc) is 3.04. The van der Waals surface area contributed by atoms with Crippen LogP contribution >= 0.6 is 11.3 Å². The minimum atomic E-state index is -1.05. The maximum atomic E-state index is 12.3. The summed E-state index contributed by atoms with van der Waals surface area (Å²) in [6.07, 6.45) is 0. The Bertz CT molecular complexity index is 1090. The highest BCUT2D eigenvalue weighted by molar-refractivity contribution is 7.16. The molecule has 1 aromatic carbocycles. The largest absolute Gasteiger partial charge is 0.465 e. The molecule has 0 atom stereocenters. The Morgan fingerprint density at radius 1 is 1.03 bits per heavy atom. The van der Waals surface area contributed by atoms with E-state index in [2.05, 4.69) is 5.32 Å². The molecule has 0 bridgehead atoms. The summed E-state index contributed by atoms with van der Waals surface area (Å²) in [6, 6.07) is 2.97. The van der Waals surface area contributed by atoms with Crippen molar-refractivity contribution >= 4 is 45.8 Å². The van der Waals surface area contributed by atoms with Crippen LogP contribution in [0.3, 0.4) is 0 Å². The molecule has 0 aliphatic carbocycles. The van der Waals surface area contributed by atoms with Crippen molar-refractivity contribution in [1.82, 2.24) is 0 Å². The monoisotopic (exact) mass is 464 g/mol. The Hall–Kier alpha value is -3.80.